The highest BCUT2D eigenvalue weighted by atomic mass is 16.3. The highest BCUT2D eigenvalue weighted by molar-refractivity contribution is 4.85. The Bertz CT molecular complexity index is 212. The van der Waals surface area contributed by atoms with E-state index >= 15 is 0 Å². The maximum Gasteiger partial charge on any atom is 0.0608 e. The Morgan fingerprint density at radius 3 is 2.47 bits per heavy atom. The quantitative estimate of drug-likeness (QED) is 0.650. The van der Waals surface area contributed by atoms with Gasteiger partial charge in [0.05, 0.1) is 6.61 Å². The summed E-state index contributed by atoms with van der Waals surface area (Å²) in [5, 5.41) is 9.12. The molecule has 0 heterocycles. The van der Waals surface area contributed by atoms with Gasteiger partial charge in [0.1, 0.15) is 0 Å². The van der Waals surface area contributed by atoms with Crippen LogP contribution in [0.3, 0.4) is 0 Å². The predicted octanol–water partition coefficient (Wildman–Crippen LogP) is 1.99. The standard InChI is InChI=1S/C14H30N2O/c1-12(2)7-10-16(13-5-6-13)9-4-8-14(3,15)11-17/h12-13,17H,4-11,15H2,1-3H3. The zero-order valence-electron chi connectivity index (χ0n) is 11.8. The lowest BCUT2D eigenvalue weighted by Crippen LogP contribution is -2.41. The maximum absolute atomic E-state index is 9.12. The number of hydrogen-bond donors (Lipinski definition) is 2. The molecule has 3 N–H and O–H groups in total. The zero-order valence-corrected chi connectivity index (χ0v) is 11.8. The Hall–Kier alpha value is -0.120. The van der Waals surface area contributed by atoms with Crippen LogP contribution < -0.4 is 5.73 Å². The number of hydrogen-bond acceptors (Lipinski definition) is 3. The number of nitrogens with two attached hydrogens (primary N) is 1. The molecule has 1 aliphatic carbocycles. The smallest absolute Gasteiger partial charge is 0.0608 e. The van der Waals surface area contributed by atoms with E-state index in [1.807, 2.05) is 6.92 Å². The molecular formula is C14H30N2O. The summed E-state index contributed by atoms with van der Waals surface area (Å²) in [6, 6.07) is 0.840. The van der Waals surface area contributed by atoms with Gasteiger partial charge in [-0.3, -0.25) is 0 Å². The summed E-state index contributed by atoms with van der Waals surface area (Å²) in [6.07, 6.45) is 6.04. The molecule has 1 unspecified atom stereocenters. The molecular weight excluding hydrogens is 212 g/mol. The average Bonchev–Trinajstić information content (AvgIpc) is 3.06. The van der Waals surface area contributed by atoms with Gasteiger partial charge in [0, 0.05) is 11.6 Å². The molecule has 0 saturated heterocycles. The first kappa shape index (κ1) is 14.9. The minimum Gasteiger partial charge on any atom is -0.394 e. The van der Waals surface area contributed by atoms with Crippen LogP contribution in [0.15, 0.2) is 0 Å². The van der Waals surface area contributed by atoms with Crippen molar-refractivity contribution in [1.82, 2.24) is 4.90 Å². The van der Waals surface area contributed by atoms with E-state index in [2.05, 4.69) is 18.7 Å². The van der Waals surface area contributed by atoms with Gasteiger partial charge >= 0.3 is 0 Å². The van der Waals surface area contributed by atoms with Crippen LogP contribution in [0.1, 0.15) is 52.9 Å². The molecule has 17 heavy (non-hydrogen) atoms. The van der Waals surface area contributed by atoms with E-state index in [-0.39, 0.29) is 6.61 Å². The first-order valence-corrected chi connectivity index (χ1v) is 7.08. The lowest BCUT2D eigenvalue weighted by atomic mass is 9.98. The van der Waals surface area contributed by atoms with Crippen LogP contribution in [-0.2, 0) is 0 Å². The number of nitrogens with zero attached hydrogens (tertiary/aromatic N) is 1. The molecule has 3 heteroatoms. The highest BCUT2D eigenvalue weighted by Crippen LogP contribution is 2.28. The highest BCUT2D eigenvalue weighted by Gasteiger charge is 2.28. The minimum atomic E-state index is -0.396. The minimum absolute atomic E-state index is 0.0857. The third kappa shape index (κ3) is 6.39. The van der Waals surface area contributed by atoms with Crippen LogP contribution in [-0.4, -0.2) is 41.3 Å². The van der Waals surface area contributed by atoms with E-state index in [1.54, 1.807) is 0 Å². The predicted molar refractivity (Wildman–Crippen MR) is 73.0 cm³/mol. The van der Waals surface area contributed by atoms with Crippen LogP contribution in [0.25, 0.3) is 0 Å². The Morgan fingerprint density at radius 1 is 1.35 bits per heavy atom. The van der Waals surface area contributed by atoms with Gasteiger partial charge < -0.3 is 15.7 Å². The first-order valence-electron chi connectivity index (χ1n) is 7.08. The number of aliphatic hydroxyl groups is 1. The summed E-state index contributed by atoms with van der Waals surface area (Å²) in [4.78, 5) is 2.62. The fourth-order valence-corrected chi connectivity index (χ4v) is 2.11. The van der Waals surface area contributed by atoms with Crippen molar-refractivity contribution in [3.8, 4) is 0 Å². The Morgan fingerprint density at radius 2 is 2.00 bits per heavy atom. The average molecular weight is 242 g/mol. The zero-order chi connectivity index (χ0) is 12.9. The third-order valence-electron chi connectivity index (χ3n) is 3.61. The largest absolute Gasteiger partial charge is 0.394 e. The monoisotopic (exact) mass is 242 g/mol. The number of aliphatic hydroxyl groups excluding tert-OH is 1. The molecule has 102 valence electrons. The van der Waals surface area contributed by atoms with E-state index in [9.17, 15) is 0 Å². The van der Waals surface area contributed by atoms with Gasteiger partial charge in [-0.05, 0) is 58.0 Å². The molecule has 1 fully saturated rings. The van der Waals surface area contributed by atoms with Crippen LogP contribution in [0, 0.1) is 5.92 Å². The van der Waals surface area contributed by atoms with Gasteiger partial charge in [0.25, 0.3) is 0 Å². The second-order valence-corrected chi connectivity index (χ2v) is 6.37. The molecule has 0 radical (unpaired) electrons. The van der Waals surface area contributed by atoms with Crippen molar-refractivity contribution < 1.29 is 5.11 Å². The molecule has 0 amide bonds. The van der Waals surface area contributed by atoms with Gasteiger partial charge in [0.15, 0.2) is 0 Å². The molecule has 0 aromatic rings. The summed E-state index contributed by atoms with van der Waals surface area (Å²) in [7, 11) is 0. The third-order valence-corrected chi connectivity index (χ3v) is 3.61. The molecule has 1 rings (SSSR count). The van der Waals surface area contributed by atoms with Crippen LogP contribution in [0.5, 0.6) is 0 Å². The Kier molecular flexibility index (Phi) is 5.90. The lowest BCUT2D eigenvalue weighted by Gasteiger charge is -2.26. The Balaban J connectivity index is 2.20. The fraction of sp³-hybridized carbons (Fsp3) is 1.00. The van der Waals surface area contributed by atoms with Gasteiger partial charge in [0.2, 0.25) is 0 Å². The molecule has 1 saturated carbocycles. The van der Waals surface area contributed by atoms with Crippen LogP contribution in [0.2, 0.25) is 0 Å². The van der Waals surface area contributed by atoms with Crippen molar-refractivity contribution in [3.05, 3.63) is 0 Å². The molecule has 0 aromatic carbocycles. The molecule has 1 aliphatic rings. The van der Waals surface area contributed by atoms with Gasteiger partial charge in [-0.25, -0.2) is 0 Å². The van der Waals surface area contributed by atoms with Crippen LogP contribution in [0.4, 0.5) is 0 Å². The van der Waals surface area contributed by atoms with Crippen molar-refractivity contribution in [3.63, 3.8) is 0 Å². The van der Waals surface area contributed by atoms with Crippen molar-refractivity contribution in [1.29, 1.82) is 0 Å². The van der Waals surface area contributed by atoms with Crippen molar-refractivity contribution >= 4 is 0 Å². The van der Waals surface area contributed by atoms with E-state index in [4.69, 9.17) is 10.8 Å². The topological polar surface area (TPSA) is 49.5 Å². The van der Waals surface area contributed by atoms with Gasteiger partial charge in [-0.2, -0.15) is 0 Å². The fourth-order valence-electron chi connectivity index (χ4n) is 2.11. The van der Waals surface area contributed by atoms with E-state index in [1.165, 1.54) is 25.8 Å². The SMILES string of the molecule is CC(C)CCN(CCCC(C)(N)CO)C1CC1. The lowest BCUT2D eigenvalue weighted by molar-refractivity contribution is 0.184. The summed E-state index contributed by atoms with van der Waals surface area (Å²) < 4.78 is 0. The Labute approximate surface area is 106 Å². The van der Waals surface area contributed by atoms with Crippen molar-refractivity contribution in [2.45, 2.75) is 64.5 Å². The molecule has 3 nitrogen and oxygen atoms in total. The van der Waals surface area contributed by atoms with Crippen LogP contribution >= 0.6 is 0 Å². The van der Waals surface area contributed by atoms with Crippen molar-refractivity contribution in [2.75, 3.05) is 19.7 Å². The maximum atomic E-state index is 9.12. The van der Waals surface area contributed by atoms with Gasteiger partial charge in [-0.15, -0.1) is 0 Å². The first-order chi connectivity index (χ1) is 7.94. The molecule has 0 aromatic heterocycles. The molecule has 0 spiro atoms. The van der Waals surface area contributed by atoms with E-state index < -0.39 is 5.54 Å². The summed E-state index contributed by atoms with van der Waals surface area (Å²) in [6.45, 7) is 8.96. The summed E-state index contributed by atoms with van der Waals surface area (Å²) in [5.41, 5.74) is 5.55. The normalized spacial score (nSPS) is 19.9. The van der Waals surface area contributed by atoms with Crippen molar-refractivity contribution in [2.24, 2.45) is 11.7 Å². The second-order valence-electron chi connectivity index (χ2n) is 6.37. The summed E-state index contributed by atoms with van der Waals surface area (Å²) in [5.74, 6) is 0.786. The molecule has 0 aliphatic heterocycles. The second kappa shape index (κ2) is 6.72. The molecule has 1 atom stereocenters. The van der Waals surface area contributed by atoms with Gasteiger partial charge in [-0.1, -0.05) is 13.8 Å². The van der Waals surface area contributed by atoms with E-state index in [0.717, 1.165) is 31.3 Å². The number of rotatable bonds is 9. The molecule has 0 bridgehead atoms. The summed E-state index contributed by atoms with van der Waals surface area (Å²) >= 11 is 0. The van der Waals surface area contributed by atoms with E-state index in [0.29, 0.717) is 0 Å².